The summed E-state index contributed by atoms with van der Waals surface area (Å²) < 4.78 is 26.5. The van der Waals surface area contributed by atoms with Crippen LogP contribution in [-0.4, -0.2) is 36.9 Å². The highest BCUT2D eigenvalue weighted by atomic mass is 32.2. The van der Waals surface area contributed by atoms with Crippen LogP contribution >= 0.6 is 0 Å². The zero-order chi connectivity index (χ0) is 16.3. The third-order valence-electron chi connectivity index (χ3n) is 3.69. The Morgan fingerprint density at radius 1 is 1.22 bits per heavy atom. The van der Waals surface area contributed by atoms with Gasteiger partial charge in [-0.3, -0.25) is 9.78 Å². The molecule has 0 spiro atoms. The Bertz CT molecular complexity index is 781. The smallest absolute Gasteiger partial charge is 0.283 e. The van der Waals surface area contributed by atoms with Crippen molar-refractivity contribution in [2.24, 2.45) is 0 Å². The third kappa shape index (κ3) is 3.31. The zero-order valence-electron chi connectivity index (χ0n) is 12.3. The van der Waals surface area contributed by atoms with E-state index in [2.05, 4.69) is 14.7 Å². The number of nitrogens with one attached hydrogen (secondary N) is 1. The second-order valence-corrected chi connectivity index (χ2v) is 6.83. The standard InChI is InChI=1S/C15H16N4O3S/c20-15(18-23(21,22)14-11-16-8-9-17-14)13-7-4-10-19(13)12-5-2-1-3-6-12/h1-3,5-6,8-9,11,13H,4,7,10H2,(H,18,20). The lowest BCUT2D eigenvalue weighted by Gasteiger charge is -2.25. The molecule has 1 aliphatic rings. The quantitative estimate of drug-likeness (QED) is 0.896. The van der Waals surface area contributed by atoms with Gasteiger partial charge in [0.2, 0.25) is 0 Å². The van der Waals surface area contributed by atoms with Crippen molar-refractivity contribution in [3.05, 3.63) is 48.9 Å². The first-order valence-electron chi connectivity index (χ1n) is 7.22. The molecule has 1 amide bonds. The summed E-state index contributed by atoms with van der Waals surface area (Å²) in [5.74, 6) is -0.544. The predicted octanol–water partition coefficient (Wildman–Crippen LogP) is 0.950. The number of sulfonamides is 1. The van der Waals surface area contributed by atoms with Crippen LogP contribution in [0.25, 0.3) is 0 Å². The van der Waals surface area contributed by atoms with Crippen molar-refractivity contribution in [1.29, 1.82) is 0 Å². The van der Waals surface area contributed by atoms with Gasteiger partial charge in [0.25, 0.3) is 15.9 Å². The number of amides is 1. The van der Waals surface area contributed by atoms with Crippen molar-refractivity contribution < 1.29 is 13.2 Å². The highest BCUT2D eigenvalue weighted by Crippen LogP contribution is 2.25. The van der Waals surface area contributed by atoms with Crippen LogP contribution in [0.3, 0.4) is 0 Å². The minimum Gasteiger partial charge on any atom is -0.359 e. The average Bonchev–Trinajstić information content (AvgIpc) is 3.06. The SMILES string of the molecule is O=C(NS(=O)(=O)c1cnccn1)C1CCCN1c1ccccc1. The van der Waals surface area contributed by atoms with Crippen molar-refractivity contribution in [3.63, 3.8) is 0 Å². The van der Waals surface area contributed by atoms with Crippen molar-refractivity contribution in [3.8, 4) is 0 Å². The van der Waals surface area contributed by atoms with E-state index in [1.54, 1.807) is 0 Å². The molecule has 0 aliphatic carbocycles. The van der Waals surface area contributed by atoms with Crippen LogP contribution in [0, 0.1) is 0 Å². The fourth-order valence-corrected chi connectivity index (χ4v) is 3.55. The predicted molar refractivity (Wildman–Crippen MR) is 84.2 cm³/mol. The van der Waals surface area contributed by atoms with E-state index in [4.69, 9.17) is 0 Å². The van der Waals surface area contributed by atoms with Gasteiger partial charge in [-0.25, -0.2) is 9.71 Å². The van der Waals surface area contributed by atoms with E-state index in [1.807, 2.05) is 35.2 Å². The summed E-state index contributed by atoms with van der Waals surface area (Å²) in [6.07, 6.45) is 5.19. The van der Waals surface area contributed by atoms with Gasteiger partial charge < -0.3 is 4.90 Å². The Morgan fingerprint density at radius 2 is 2.00 bits per heavy atom. The van der Waals surface area contributed by atoms with E-state index >= 15 is 0 Å². The van der Waals surface area contributed by atoms with Crippen molar-refractivity contribution in [1.82, 2.24) is 14.7 Å². The molecule has 2 heterocycles. The average molecular weight is 332 g/mol. The lowest BCUT2D eigenvalue weighted by atomic mass is 10.2. The molecule has 1 unspecified atom stereocenters. The summed E-state index contributed by atoms with van der Waals surface area (Å²) in [6, 6.07) is 8.97. The maximum Gasteiger partial charge on any atom is 0.283 e. The number of benzene rings is 1. The van der Waals surface area contributed by atoms with E-state index in [-0.39, 0.29) is 5.03 Å². The van der Waals surface area contributed by atoms with Gasteiger partial charge in [-0.2, -0.15) is 8.42 Å². The molecule has 1 aromatic heterocycles. The Kier molecular flexibility index (Phi) is 4.24. The highest BCUT2D eigenvalue weighted by molar-refractivity contribution is 7.90. The molecule has 1 fully saturated rings. The van der Waals surface area contributed by atoms with Crippen molar-refractivity contribution in [2.45, 2.75) is 23.9 Å². The maximum atomic E-state index is 12.4. The summed E-state index contributed by atoms with van der Waals surface area (Å²) in [5, 5.41) is -0.266. The van der Waals surface area contributed by atoms with Crippen LogP contribution in [0.5, 0.6) is 0 Å². The molecule has 0 saturated carbocycles. The van der Waals surface area contributed by atoms with Crippen LogP contribution < -0.4 is 9.62 Å². The topological polar surface area (TPSA) is 92.3 Å². The molecule has 3 rings (SSSR count). The summed E-state index contributed by atoms with van der Waals surface area (Å²) in [5.41, 5.74) is 0.905. The van der Waals surface area contributed by atoms with E-state index in [0.29, 0.717) is 13.0 Å². The molecule has 23 heavy (non-hydrogen) atoms. The van der Waals surface area contributed by atoms with E-state index in [9.17, 15) is 13.2 Å². The summed E-state index contributed by atoms with van der Waals surface area (Å²) >= 11 is 0. The van der Waals surface area contributed by atoms with Crippen LogP contribution in [-0.2, 0) is 14.8 Å². The first-order chi connectivity index (χ1) is 11.1. The summed E-state index contributed by atoms with van der Waals surface area (Å²) in [6.45, 7) is 0.716. The highest BCUT2D eigenvalue weighted by Gasteiger charge is 2.33. The summed E-state index contributed by atoms with van der Waals surface area (Å²) in [7, 11) is -4.00. The van der Waals surface area contributed by atoms with Gasteiger partial charge in [0.05, 0.1) is 6.20 Å². The van der Waals surface area contributed by atoms with Gasteiger partial charge in [-0.05, 0) is 25.0 Å². The maximum absolute atomic E-state index is 12.4. The van der Waals surface area contributed by atoms with Gasteiger partial charge in [0.1, 0.15) is 6.04 Å². The van der Waals surface area contributed by atoms with Crippen LogP contribution in [0.2, 0.25) is 0 Å². The molecule has 0 bridgehead atoms. The lowest BCUT2D eigenvalue weighted by Crippen LogP contribution is -2.45. The van der Waals surface area contributed by atoms with E-state index < -0.39 is 22.0 Å². The monoisotopic (exact) mass is 332 g/mol. The van der Waals surface area contributed by atoms with Gasteiger partial charge in [0, 0.05) is 24.6 Å². The summed E-state index contributed by atoms with van der Waals surface area (Å²) in [4.78, 5) is 21.8. The second-order valence-electron chi connectivity index (χ2n) is 5.20. The first-order valence-corrected chi connectivity index (χ1v) is 8.70. The second kappa shape index (κ2) is 6.33. The molecule has 1 N–H and O–H groups in total. The number of carbonyl (C=O) groups is 1. The number of anilines is 1. The van der Waals surface area contributed by atoms with Crippen LogP contribution in [0.4, 0.5) is 5.69 Å². The number of nitrogens with zero attached hydrogens (tertiary/aromatic N) is 3. The number of aromatic nitrogens is 2. The van der Waals surface area contributed by atoms with Crippen LogP contribution in [0.1, 0.15) is 12.8 Å². The molecule has 7 nitrogen and oxygen atoms in total. The number of hydrogen-bond donors (Lipinski definition) is 1. The van der Waals surface area contributed by atoms with Gasteiger partial charge in [-0.1, -0.05) is 18.2 Å². The molecule has 1 aromatic carbocycles. The molecule has 120 valence electrons. The molecule has 0 radical (unpaired) electrons. The number of carbonyl (C=O) groups excluding carboxylic acids is 1. The Labute approximate surface area is 134 Å². The fraction of sp³-hybridized carbons (Fsp3) is 0.267. The Morgan fingerprint density at radius 3 is 2.70 bits per heavy atom. The van der Waals surface area contributed by atoms with E-state index in [0.717, 1.165) is 18.3 Å². The van der Waals surface area contributed by atoms with Crippen molar-refractivity contribution >= 4 is 21.6 Å². The largest absolute Gasteiger partial charge is 0.359 e. The molecular formula is C15H16N4O3S. The third-order valence-corrected chi connectivity index (χ3v) is 4.92. The fourth-order valence-electron chi connectivity index (χ4n) is 2.64. The Balaban J connectivity index is 1.78. The normalized spacial score (nSPS) is 17.9. The molecule has 2 aromatic rings. The van der Waals surface area contributed by atoms with E-state index in [1.165, 1.54) is 12.4 Å². The number of rotatable bonds is 4. The van der Waals surface area contributed by atoms with Gasteiger partial charge in [0.15, 0.2) is 5.03 Å². The first kappa shape index (κ1) is 15.4. The minimum absolute atomic E-state index is 0.266. The molecule has 1 atom stereocenters. The minimum atomic E-state index is -4.00. The van der Waals surface area contributed by atoms with Crippen molar-refractivity contribution in [2.75, 3.05) is 11.4 Å². The lowest BCUT2D eigenvalue weighted by molar-refractivity contribution is -0.120. The number of para-hydroxylation sites is 1. The molecule has 8 heteroatoms. The zero-order valence-corrected chi connectivity index (χ0v) is 13.1. The van der Waals surface area contributed by atoms with Gasteiger partial charge >= 0.3 is 0 Å². The number of hydrogen-bond acceptors (Lipinski definition) is 6. The Hall–Kier alpha value is -2.48. The van der Waals surface area contributed by atoms with Crippen LogP contribution in [0.15, 0.2) is 53.9 Å². The molecule has 1 aliphatic heterocycles. The van der Waals surface area contributed by atoms with Gasteiger partial charge in [-0.15, -0.1) is 0 Å². The molecule has 1 saturated heterocycles. The molecular weight excluding hydrogens is 316 g/mol.